The predicted molar refractivity (Wildman–Crippen MR) is 115 cm³/mol. The molecule has 0 bridgehead atoms. The second-order valence-electron chi connectivity index (χ2n) is 6.74. The zero-order chi connectivity index (χ0) is 18.6. The van der Waals surface area contributed by atoms with Crippen molar-refractivity contribution in [3.63, 3.8) is 0 Å². The average Bonchev–Trinajstić information content (AvgIpc) is 3.17. The zero-order valence-electron chi connectivity index (χ0n) is 15.0. The first-order valence-corrected chi connectivity index (χ1v) is 10.00. The molecule has 0 aliphatic carbocycles. The number of rotatable bonds is 4. The van der Waals surface area contributed by atoms with Crippen LogP contribution in [0.15, 0.2) is 72.9 Å². The molecule has 27 heavy (non-hydrogen) atoms. The summed E-state index contributed by atoms with van der Waals surface area (Å²) < 4.78 is 2.31. The second-order valence-corrected chi connectivity index (χ2v) is 7.56. The second kappa shape index (κ2) is 8.15. The van der Waals surface area contributed by atoms with Crippen molar-refractivity contribution >= 4 is 28.9 Å². The lowest BCUT2D eigenvalue weighted by atomic mass is 10.0. The number of thiocarbonyl (C=S) groups is 1. The van der Waals surface area contributed by atoms with Gasteiger partial charge in [0.05, 0.1) is 6.04 Å². The smallest absolute Gasteiger partial charge is 0.169 e. The summed E-state index contributed by atoms with van der Waals surface area (Å²) >= 11 is 11.9. The van der Waals surface area contributed by atoms with Gasteiger partial charge in [-0.25, -0.2) is 0 Å². The first-order chi connectivity index (χ1) is 13.2. The average molecular weight is 396 g/mol. The van der Waals surface area contributed by atoms with Gasteiger partial charge in [-0.3, -0.25) is 0 Å². The van der Waals surface area contributed by atoms with Crippen LogP contribution in [0.25, 0.3) is 0 Å². The molecule has 0 radical (unpaired) electrons. The molecule has 3 aromatic rings. The summed E-state index contributed by atoms with van der Waals surface area (Å²) in [6, 6.07) is 22.9. The van der Waals surface area contributed by atoms with E-state index in [-0.39, 0.29) is 6.04 Å². The maximum absolute atomic E-state index is 6.10. The van der Waals surface area contributed by atoms with Gasteiger partial charge in [-0.15, -0.1) is 0 Å². The van der Waals surface area contributed by atoms with Crippen molar-refractivity contribution in [1.29, 1.82) is 0 Å². The van der Waals surface area contributed by atoms with Crippen molar-refractivity contribution in [1.82, 2.24) is 14.8 Å². The van der Waals surface area contributed by atoms with Gasteiger partial charge in [-0.2, -0.15) is 0 Å². The minimum Gasteiger partial charge on any atom is -0.362 e. The van der Waals surface area contributed by atoms with Crippen molar-refractivity contribution < 1.29 is 0 Å². The first kappa shape index (κ1) is 18.1. The van der Waals surface area contributed by atoms with Crippen LogP contribution >= 0.6 is 23.8 Å². The molecule has 0 fully saturated rings. The fourth-order valence-corrected chi connectivity index (χ4v) is 4.08. The number of benzene rings is 2. The summed E-state index contributed by atoms with van der Waals surface area (Å²) in [7, 11) is 0. The third-order valence-corrected chi connectivity index (χ3v) is 5.65. The zero-order valence-corrected chi connectivity index (χ0v) is 16.6. The minimum absolute atomic E-state index is 0.0998. The molecule has 0 saturated heterocycles. The van der Waals surface area contributed by atoms with Gasteiger partial charge in [0.15, 0.2) is 5.11 Å². The highest BCUT2D eigenvalue weighted by Crippen LogP contribution is 2.33. The molecule has 1 aliphatic rings. The Morgan fingerprint density at radius 3 is 2.56 bits per heavy atom. The van der Waals surface area contributed by atoms with Crippen LogP contribution in [0, 0.1) is 0 Å². The van der Waals surface area contributed by atoms with E-state index in [9.17, 15) is 0 Å². The van der Waals surface area contributed by atoms with Crippen LogP contribution in [0.3, 0.4) is 0 Å². The van der Waals surface area contributed by atoms with Gasteiger partial charge < -0.3 is 14.8 Å². The highest BCUT2D eigenvalue weighted by molar-refractivity contribution is 7.80. The topological polar surface area (TPSA) is 20.2 Å². The van der Waals surface area contributed by atoms with Crippen LogP contribution in [0.1, 0.15) is 22.9 Å². The quantitative estimate of drug-likeness (QED) is 0.648. The molecular formula is C22H22ClN3S. The van der Waals surface area contributed by atoms with Crippen molar-refractivity contribution in [3.8, 4) is 0 Å². The molecule has 0 amide bonds. The molecule has 2 aromatic carbocycles. The highest BCUT2D eigenvalue weighted by Gasteiger charge is 2.30. The highest BCUT2D eigenvalue weighted by atomic mass is 35.5. The van der Waals surface area contributed by atoms with Gasteiger partial charge in [0.1, 0.15) is 0 Å². The lowest BCUT2D eigenvalue weighted by Gasteiger charge is -2.39. The summed E-state index contributed by atoms with van der Waals surface area (Å²) in [6.45, 7) is 2.65. The number of hydrogen-bond acceptors (Lipinski definition) is 1. The summed E-state index contributed by atoms with van der Waals surface area (Å²) in [6.07, 6.45) is 3.10. The standard InChI is InChI=1S/C22H22ClN3S/c23-19-10-8-18(9-11-19)21-20-7-4-14-25(20)15-16-26(21)22(27)24-13-12-17-5-2-1-3-6-17/h1-11,14,21H,12-13,15-16H2,(H,24,27). The van der Waals surface area contributed by atoms with Crippen molar-refractivity contribution in [3.05, 3.63) is 94.8 Å². The molecule has 1 atom stereocenters. The molecule has 5 heteroatoms. The summed E-state index contributed by atoms with van der Waals surface area (Å²) in [5, 5.41) is 5.01. The van der Waals surface area contributed by atoms with Crippen molar-refractivity contribution in [2.24, 2.45) is 0 Å². The summed E-state index contributed by atoms with van der Waals surface area (Å²) in [5.74, 6) is 0. The molecule has 0 spiro atoms. The molecular weight excluding hydrogens is 374 g/mol. The van der Waals surface area contributed by atoms with E-state index in [4.69, 9.17) is 23.8 Å². The Bertz CT molecular complexity index is 905. The van der Waals surface area contributed by atoms with Crippen molar-refractivity contribution in [2.45, 2.75) is 19.0 Å². The largest absolute Gasteiger partial charge is 0.362 e. The van der Waals surface area contributed by atoms with Gasteiger partial charge in [0, 0.05) is 36.5 Å². The SMILES string of the molecule is S=C(NCCc1ccccc1)N1CCn2cccc2C1c1ccc(Cl)cc1. The van der Waals surface area contributed by atoms with Crippen LogP contribution in [0.5, 0.6) is 0 Å². The number of nitrogens with one attached hydrogen (secondary N) is 1. The molecule has 4 rings (SSSR count). The van der Waals surface area contributed by atoms with Gasteiger partial charge in [0.25, 0.3) is 0 Å². The molecule has 138 valence electrons. The molecule has 1 N–H and O–H groups in total. The van der Waals surface area contributed by atoms with E-state index < -0.39 is 0 Å². The predicted octanol–water partition coefficient (Wildman–Crippen LogP) is 4.66. The van der Waals surface area contributed by atoms with Crippen LogP contribution in [0.2, 0.25) is 5.02 Å². The van der Waals surface area contributed by atoms with E-state index in [1.54, 1.807) is 0 Å². The normalized spacial score (nSPS) is 16.0. The Kier molecular flexibility index (Phi) is 5.46. The monoisotopic (exact) mass is 395 g/mol. The van der Waals surface area contributed by atoms with E-state index in [1.807, 2.05) is 18.2 Å². The van der Waals surface area contributed by atoms with Crippen LogP contribution < -0.4 is 5.32 Å². The Balaban J connectivity index is 1.51. The van der Waals surface area contributed by atoms with Crippen LogP contribution in [-0.4, -0.2) is 27.7 Å². The van der Waals surface area contributed by atoms with E-state index >= 15 is 0 Å². The molecule has 3 nitrogen and oxygen atoms in total. The number of nitrogens with zero attached hydrogens (tertiary/aromatic N) is 2. The third kappa shape index (κ3) is 4.02. The van der Waals surface area contributed by atoms with E-state index in [0.717, 1.165) is 36.2 Å². The van der Waals surface area contributed by atoms with E-state index in [2.05, 4.69) is 69.5 Å². The van der Waals surface area contributed by atoms with Gasteiger partial charge in [-0.1, -0.05) is 54.1 Å². The maximum Gasteiger partial charge on any atom is 0.169 e. The minimum atomic E-state index is 0.0998. The third-order valence-electron chi connectivity index (χ3n) is 5.02. The Morgan fingerprint density at radius 1 is 1.00 bits per heavy atom. The number of halogens is 1. The molecule has 2 heterocycles. The fraction of sp³-hybridized carbons (Fsp3) is 0.227. The van der Waals surface area contributed by atoms with Crippen molar-refractivity contribution in [2.75, 3.05) is 13.1 Å². The Hall–Kier alpha value is -2.30. The lowest BCUT2D eigenvalue weighted by molar-refractivity contribution is 0.286. The number of fused-ring (bicyclic) bond motifs is 1. The fourth-order valence-electron chi connectivity index (χ4n) is 3.66. The van der Waals surface area contributed by atoms with E-state index in [1.165, 1.54) is 16.8 Å². The number of aromatic nitrogens is 1. The van der Waals surface area contributed by atoms with Crippen LogP contribution in [-0.2, 0) is 13.0 Å². The maximum atomic E-state index is 6.10. The Morgan fingerprint density at radius 2 is 1.78 bits per heavy atom. The number of hydrogen-bond donors (Lipinski definition) is 1. The Labute approximate surface area is 170 Å². The molecule has 0 saturated carbocycles. The summed E-state index contributed by atoms with van der Waals surface area (Å²) in [5.41, 5.74) is 3.77. The first-order valence-electron chi connectivity index (χ1n) is 9.21. The molecule has 1 unspecified atom stereocenters. The molecule has 1 aromatic heterocycles. The van der Waals surface area contributed by atoms with Gasteiger partial charge in [-0.05, 0) is 54.0 Å². The lowest BCUT2D eigenvalue weighted by Crippen LogP contribution is -2.47. The summed E-state index contributed by atoms with van der Waals surface area (Å²) in [4.78, 5) is 2.29. The molecule has 1 aliphatic heterocycles. The van der Waals surface area contributed by atoms with Gasteiger partial charge >= 0.3 is 0 Å². The van der Waals surface area contributed by atoms with Crippen LogP contribution in [0.4, 0.5) is 0 Å². The van der Waals surface area contributed by atoms with Gasteiger partial charge in [0.2, 0.25) is 0 Å². The van der Waals surface area contributed by atoms with E-state index in [0.29, 0.717) is 0 Å².